The standard InChI is InChI=1S/C10H13O2.C5H5.Fe/c1-3-10(12-8(2)11)9-6-4-5-7-9;1-2-4-5-3-1;/h4-7,10H,3H2,1-2H3;1-5H;/q-1;-5;. The smallest absolute Gasteiger partial charge is 0.302 e. The second kappa shape index (κ2) is 9.69. The van der Waals surface area contributed by atoms with Crippen molar-refractivity contribution < 1.29 is 26.6 Å². The van der Waals surface area contributed by atoms with E-state index in [0.717, 1.165) is 12.0 Å². The molecule has 0 spiro atoms. The van der Waals surface area contributed by atoms with Crippen LogP contribution >= 0.6 is 0 Å². The fourth-order valence-electron chi connectivity index (χ4n) is 1.51. The number of carbonyl (C=O) groups is 1. The van der Waals surface area contributed by atoms with E-state index < -0.39 is 0 Å². The maximum absolute atomic E-state index is 10.7. The Hall–Kier alpha value is -1.31. The minimum absolute atomic E-state index is 0. The van der Waals surface area contributed by atoms with E-state index in [0.29, 0.717) is 0 Å². The van der Waals surface area contributed by atoms with Gasteiger partial charge < -0.3 is 35.1 Å². The maximum atomic E-state index is 10.7. The Balaban J connectivity index is 0.000000405. The number of rotatable bonds is 3. The third-order valence-electron chi connectivity index (χ3n) is 2.29. The predicted octanol–water partition coefficient (Wildman–Crippen LogP) is 3.82. The molecular formula is C15H18FeO2-6. The Bertz CT molecular complexity index is 373. The first-order valence-electron chi connectivity index (χ1n) is 5.79. The Labute approximate surface area is 119 Å². The molecule has 0 aromatic heterocycles. The monoisotopic (exact) mass is 286 g/mol. The van der Waals surface area contributed by atoms with Crippen molar-refractivity contribution in [1.82, 2.24) is 0 Å². The van der Waals surface area contributed by atoms with E-state index in [9.17, 15) is 4.79 Å². The normalized spacial score (nSPS) is 10.6. The molecule has 0 heterocycles. The van der Waals surface area contributed by atoms with Gasteiger partial charge in [0.1, 0.15) is 0 Å². The average Bonchev–Trinajstić information content (AvgIpc) is 2.99. The van der Waals surface area contributed by atoms with Crippen LogP contribution < -0.4 is 0 Å². The van der Waals surface area contributed by atoms with Crippen molar-refractivity contribution in [2.75, 3.05) is 0 Å². The van der Waals surface area contributed by atoms with Gasteiger partial charge in [-0.3, -0.25) is 4.79 Å². The van der Waals surface area contributed by atoms with Gasteiger partial charge >= 0.3 is 5.97 Å². The van der Waals surface area contributed by atoms with Crippen LogP contribution in [0.3, 0.4) is 0 Å². The molecular weight excluding hydrogens is 268 g/mol. The molecule has 0 fully saturated rings. The van der Waals surface area contributed by atoms with Crippen LogP contribution in [0, 0.1) is 0 Å². The minimum atomic E-state index is -0.219. The van der Waals surface area contributed by atoms with E-state index in [1.54, 1.807) is 0 Å². The van der Waals surface area contributed by atoms with Crippen molar-refractivity contribution >= 4 is 5.97 Å². The van der Waals surface area contributed by atoms with Crippen molar-refractivity contribution in [2.24, 2.45) is 0 Å². The van der Waals surface area contributed by atoms with Crippen LogP contribution in [0.25, 0.3) is 0 Å². The average molecular weight is 286 g/mol. The van der Waals surface area contributed by atoms with Crippen LogP contribution in [0.4, 0.5) is 0 Å². The van der Waals surface area contributed by atoms with Gasteiger partial charge in [-0.15, -0.1) is 5.56 Å². The molecule has 18 heavy (non-hydrogen) atoms. The van der Waals surface area contributed by atoms with Crippen molar-refractivity contribution in [3.63, 3.8) is 0 Å². The van der Waals surface area contributed by atoms with E-state index in [1.165, 1.54) is 6.92 Å². The summed E-state index contributed by atoms with van der Waals surface area (Å²) < 4.78 is 5.10. The maximum Gasteiger partial charge on any atom is 0.302 e. The molecule has 0 aliphatic heterocycles. The summed E-state index contributed by atoms with van der Waals surface area (Å²) in [6.45, 7) is 3.44. The Morgan fingerprint density at radius 2 is 1.61 bits per heavy atom. The summed E-state index contributed by atoms with van der Waals surface area (Å²) in [7, 11) is 0. The van der Waals surface area contributed by atoms with Crippen LogP contribution in [0.5, 0.6) is 0 Å². The molecule has 2 aromatic carbocycles. The van der Waals surface area contributed by atoms with Crippen LogP contribution in [-0.4, -0.2) is 5.97 Å². The zero-order chi connectivity index (χ0) is 12.5. The summed E-state index contributed by atoms with van der Waals surface area (Å²) in [4.78, 5) is 10.7. The molecule has 0 aliphatic carbocycles. The predicted molar refractivity (Wildman–Crippen MR) is 68.9 cm³/mol. The fourth-order valence-corrected chi connectivity index (χ4v) is 1.51. The summed E-state index contributed by atoms with van der Waals surface area (Å²) in [6, 6.07) is 17.8. The van der Waals surface area contributed by atoms with Crippen molar-refractivity contribution in [1.29, 1.82) is 0 Å². The first kappa shape index (κ1) is 16.7. The molecule has 1 unspecified atom stereocenters. The topological polar surface area (TPSA) is 26.3 Å². The van der Waals surface area contributed by atoms with Gasteiger partial charge in [0.15, 0.2) is 0 Å². The molecule has 2 nitrogen and oxygen atoms in total. The Morgan fingerprint density at radius 3 is 1.94 bits per heavy atom. The van der Waals surface area contributed by atoms with Crippen LogP contribution in [-0.2, 0) is 26.6 Å². The van der Waals surface area contributed by atoms with Gasteiger partial charge in [0.2, 0.25) is 0 Å². The van der Waals surface area contributed by atoms with E-state index in [2.05, 4.69) is 0 Å². The Morgan fingerprint density at radius 1 is 1.17 bits per heavy atom. The molecule has 104 valence electrons. The number of ether oxygens (including phenoxy) is 1. The zero-order valence-corrected chi connectivity index (χ0v) is 11.8. The summed E-state index contributed by atoms with van der Waals surface area (Å²) in [5, 5.41) is 0. The third-order valence-corrected chi connectivity index (χ3v) is 2.29. The Kier molecular flexibility index (Phi) is 8.99. The number of hydrogen-bond acceptors (Lipinski definition) is 2. The molecule has 3 heteroatoms. The van der Waals surface area contributed by atoms with Gasteiger partial charge in [-0.2, -0.15) is 12.1 Å². The summed E-state index contributed by atoms with van der Waals surface area (Å²) in [5.74, 6) is -0.219. The van der Waals surface area contributed by atoms with E-state index in [4.69, 9.17) is 4.74 Å². The van der Waals surface area contributed by atoms with Crippen molar-refractivity contribution in [3.8, 4) is 0 Å². The van der Waals surface area contributed by atoms with Crippen molar-refractivity contribution in [3.05, 3.63) is 60.2 Å². The number of hydrogen-bond donors (Lipinski definition) is 0. The van der Waals surface area contributed by atoms with E-state index in [1.807, 2.05) is 61.5 Å². The molecule has 0 N–H and O–H groups in total. The largest absolute Gasteiger partial charge is 0.748 e. The zero-order valence-electron chi connectivity index (χ0n) is 10.7. The van der Waals surface area contributed by atoms with E-state index in [-0.39, 0.29) is 29.1 Å². The number of carbonyl (C=O) groups excluding carboxylic acids is 1. The van der Waals surface area contributed by atoms with Crippen molar-refractivity contribution in [2.45, 2.75) is 26.4 Å². The van der Waals surface area contributed by atoms with Gasteiger partial charge in [0.05, 0.1) is 6.10 Å². The quantitative estimate of drug-likeness (QED) is 0.487. The molecule has 2 rings (SSSR count). The molecule has 2 aromatic rings. The van der Waals surface area contributed by atoms with Crippen LogP contribution in [0.1, 0.15) is 31.9 Å². The van der Waals surface area contributed by atoms with E-state index >= 15 is 0 Å². The molecule has 0 bridgehead atoms. The van der Waals surface area contributed by atoms with Gasteiger partial charge in [0.25, 0.3) is 0 Å². The molecule has 0 radical (unpaired) electrons. The fraction of sp³-hybridized carbons (Fsp3) is 0.267. The SMILES string of the molecule is CCC(OC(C)=O)[c-]1cccc1.[Fe].[cH-]1[cH-][cH-][cH-][cH-]1. The minimum Gasteiger partial charge on any atom is -0.748 e. The summed E-state index contributed by atoms with van der Waals surface area (Å²) >= 11 is 0. The van der Waals surface area contributed by atoms with Gasteiger partial charge in [0, 0.05) is 24.0 Å². The number of esters is 1. The molecule has 1 atom stereocenters. The molecule has 0 saturated heterocycles. The molecule has 0 aliphatic rings. The third kappa shape index (κ3) is 6.43. The second-order valence-corrected chi connectivity index (χ2v) is 3.69. The van der Waals surface area contributed by atoms with Crippen LogP contribution in [0.2, 0.25) is 0 Å². The first-order chi connectivity index (χ1) is 8.24. The summed E-state index contributed by atoms with van der Waals surface area (Å²) in [6.07, 6.45) is 0.751. The van der Waals surface area contributed by atoms with Gasteiger partial charge in [-0.25, -0.2) is 12.1 Å². The van der Waals surface area contributed by atoms with Crippen LogP contribution in [0.15, 0.2) is 54.6 Å². The molecule has 0 amide bonds. The van der Waals surface area contributed by atoms with Gasteiger partial charge in [-0.05, 0) is 6.42 Å². The first-order valence-corrected chi connectivity index (χ1v) is 5.79. The summed E-state index contributed by atoms with van der Waals surface area (Å²) in [5.41, 5.74) is 1.08. The second-order valence-electron chi connectivity index (χ2n) is 3.69. The molecule has 0 saturated carbocycles. The van der Waals surface area contributed by atoms with Gasteiger partial charge in [-0.1, -0.05) is 6.92 Å².